The first-order valence-corrected chi connectivity index (χ1v) is 4.70. The van der Waals surface area contributed by atoms with Crippen molar-refractivity contribution >= 4 is 5.97 Å². The number of carboxylic acids is 1. The number of nitrogens with one attached hydrogen (secondary N) is 1. The third-order valence-corrected chi connectivity index (χ3v) is 2.30. The number of hydrogen-bond donors (Lipinski definition) is 2. The molecule has 3 heteroatoms. The molecule has 0 aromatic heterocycles. The van der Waals surface area contributed by atoms with Crippen LogP contribution in [0.25, 0.3) is 0 Å². The van der Waals surface area contributed by atoms with Gasteiger partial charge >= 0.3 is 5.97 Å². The number of dihydropyridines is 1. The van der Waals surface area contributed by atoms with Crippen molar-refractivity contribution in [1.82, 2.24) is 5.32 Å². The molecule has 0 fully saturated rings. The minimum Gasteiger partial charge on any atom is -0.477 e. The zero-order valence-corrected chi connectivity index (χ0v) is 8.05. The summed E-state index contributed by atoms with van der Waals surface area (Å²) in [6.07, 6.45) is 5.31. The number of rotatable bonds is 2. The van der Waals surface area contributed by atoms with Crippen molar-refractivity contribution in [3.8, 4) is 0 Å². The van der Waals surface area contributed by atoms with E-state index in [0.717, 1.165) is 5.56 Å². The van der Waals surface area contributed by atoms with E-state index in [1.807, 2.05) is 36.4 Å². The number of carbonyl (C=O) groups is 1. The van der Waals surface area contributed by atoms with E-state index in [-0.39, 0.29) is 11.6 Å². The fourth-order valence-corrected chi connectivity index (χ4v) is 1.54. The number of benzene rings is 1. The van der Waals surface area contributed by atoms with Gasteiger partial charge in [0.05, 0.1) is 0 Å². The Kier molecular flexibility index (Phi) is 2.54. The molecule has 76 valence electrons. The van der Waals surface area contributed by atoms with Crippen LogP contribution in [0, 0.1) is 0 Å². The number of aliphatic carboxylic acids is 1. The highest BCUT2D eigenvalue weighted by atomic mass is 16.4. The lowest BCUT2D eigenvalue weighted by Crippen LogP contribution is -2.18. The summed E-state index contributed by atoms with van der Waals surface area (Å²) in [5, 5.41) is 11.5. The smallest absolute Gasteiger partial charge is 0.351 e. The molecule has 1 aromatic rings. The van der Waals surface area contributed by atoms with Gasteiger partial charge in [0, 0.05) is 5.92 Å². The summed E-state index contributed by atoms with van der Waals surface area (Å²) in [4.78, 5) is 10.8. The summed E-state index contributed by atoms with van der Waals surface area (Å²) in [6, 6.07) is 9.79. The zero-order chi connectivity index (χ0) is 10.7. The van der Waals surface area contributed by atoms with Crippen molar-refractivity contribution in [3.05, 3.63) is 59.9 Å². The summed E-state index contributed by atoms with van der Waals surface area (Å²) in [6.45, 7) is 0. The Morgan fingerprint density at radius 2 is 2.00 bits per heavy atom. The van der Waals surface area contributed by atoms with E-state index in [4.69, 9.17) is 5.11 Å². The summed E-state index contributed by atoms with van der Waals surface area (Å²) >= 11 is 0. The Bertz CT molecular complexity index is 421. The molecule has 0 saturated heterocycles. The van der Waals surface area contributed by atoms with Crippen LogP contribution < -0.4 is 5.32 Å². The van der Waals surface area contributed by atoms with Gasteiger partial charge in [-0.2, -0.15) is 0 Å². The lowest BCUT2D eigenvalue weighted by atomic mass is 9.96. The molecule has 2 rings (SSSR count). The standard InChI is InChI=1S/C12H11NO2/c14-12(15)11-8-10(6-7-13-11)9-4-2-1-3-5-9/h1-8,10,13H,(H,14,15). The van der Waals surface area contributed by atoms with E-state index < -0.39 is 5.97 Å². The van der Waals surface area contributed by atoms with Gasteiger partial charge in [0.25, 0.3) is 0 Å². The molecule has 1 aliphatic rings. The Labute approximate surface area is 87.7 Å². The van der Waals surface area contributed by atoms with E-state index >= 15 is 0 Å². The molecule has 15 heavy (non-hydrogen) atoms. The SMILES string of the molecule is O=C(O)C1=CC(c2ccccc2)C=CN1. The Hall–Kier alpha value is -2.03. The third-order valence-electron chi connectivity index (χ3n) is 2.30. The van der Waals surface area contributed by atoms with Crippen LogP contribution in [0.3, 0.4) is 0 Å². The van der Waals surface area contributed by atoms with E-state index in [9.17, 15) is 4.79 Å². The first kappa shape index (κ1) is 9.52. The molecule has 3 nitrogen and oxygen atoms in total. The topological polar surface area (TPSA) is 49.3 Å². The normalized spacial score (nSPS) is 19.2. The van der Waals surface area contributed by atoms with Gasteiger partial charge in [-0.1, -0.05) is 36.4 Å². The quantitative estimate of drug-likeness (QED) is 0.767. The molecular weight excluding hydrogens is 190 g/mol. The van der Waals surface area contributed by atoms with Crippen LogP contribution in [0.4, 0.5) is 0 Å². The number of hydrogen-bond acceptors (Lipinski definition) is 2. The molecule has 1 aromatic carbocycles. The van der Waals surface area contributed by atoms with E-state index in [1.165, 1.54) is 0 Å². The van der Waals surface area contributed by atoms with Crippen LogP contribution in [0.2, 0.25) is 0 Å². The van der Waals surface area contributed by atoms with E-state index in [0.29, 0.717) is 0 Å². The molecule has 1 heterocycles. The lowest BCUT2D eigenvalue weighted by molar-refractivity contribution is -0.133. The first-order chi connectivity index (χ1) is 7.27. The molecule has 0 radical (unpaired) electrons. The molecule has 0 aliphatic carbocycles. The van der Waals surface area contributed by atoms with Crippen LogP contribution >= 0.6 is 0 Å². The van der Waals surface area contributed by atoms with E-state index in [1.54, 1.807) is 12.3 Å². The Balaban J connectivity index is 2.28. The van der Waals surface area contributed by atoms with Crippen LogP contribution in [-0.2, 0) is 4.79 Å². The molecule has 0 bridgehead atoms. The predicted molar refractivity (Wildman–Crippen MR) is 57.2 cm³/mol. The van der Waals surface area contributed by atoms with Gasteiger partial charge in [-0.25, -0.2) is 4.79 Å². The van der Waals surface area contributed by atoms with Crippen LogP contribution in [0.5, 0.6) is 0 Å². The molecule has 0 amide bonds. The largest absolute Gasteiger partial charge is 0.477 e. The second-order valence-corrected chi connectivity index (χ2v) is 3.33. The summed E-state index contributed by atoms with van der Waals surface area (Å²) in [5.74, 6) is -0.890. The van der Waals surface area contributed by atoms with Gasteiger partial charge in [-0.3, -0.25) is 0 Å². The van der Waals surface area contributed by atoms with Crippen LogP contribution in [0.15, 0.2) is 54.4 Å². The maximum Gasteiger partial charge on any atom is 0.351 e. The van der Waals surface area contributed by atoms with Crippen molar-refractivity contribution < 1.29 is 9.90 Å². The average molecular weight is 201 g/mol. The molecule has 1 unspecified atom stereocenters. The van der Waals surface area contributed by atoms with Gasteiger partial charge < -0.3 is 10.4 Å². The Morgan fingerprint density at radius 1 is 1.27 bits per heavy atom. The van der Waals surface area contributed by atoms with Gasteiger partial charge in [-0.05, 0) is 17.8 Å². The molecule has 0 spiro atoms. The molecule has 1 atom stereocenters. The molecular formula is C12H11NO2. The van der Waals surface area contributed by atoms with Gasteiger partial charge in [0.15, 0.2) is 0 Å². The van der Waals surface area contributed by atoms with Crippen molar-refractivity contribution in [2.75, 3.05) is 0 Å². The fourth-order valence-electron chi connectivity index (χ4n) is 1.54. The second kappa shape index (κ2) is 4.00. The summed E-state index contributed by atoms with van der Waals surface area (Å²) in [7, 11) is 0. The highest BCUT2D eigenvalue weighted by molar-refractivity contribution is 5.86. The Morgan fingerprint density at radius 3 is 2.67 bits per heavy atom. The zero-order valence-electron chi connectivity index (χ0n) is 8.05. The van der Waals surface area contributed by atoms with Crippen LogP contribution in [-0.4, -0.2) is 11.1 Å². The molecule has 0 saturated carbocycles. The molecule has 2 N–H and O–H groups in total. The van der Waals surface area contributed by atoms with Crippen LogP contribution in [0.1, 0.15) is 11.5 Å². The predicted octanol–water partition coefficient (Wildman–Crippen LogP) is 1.86. The highest BCUT2D eigenvalue weighted by Gasteiger charge is 2.14. The fraction of sp³-hybridized carbons (Fsp3) is 0.0833. The first-order valence-electron chi connectivity index (χ1n) is 4.70. The van der Waals surface area contributed by atoms with Gasteiger partial charge in [0.1, 0.15) is 5.70 Å². The summed E-state index contributed by atoms with van der Waals surface area (Å²) in [5.41, 5.74) is 1.32. The highest BCUT2D eigenvalue weighted by Crippen LogP contribution is 2.21. The molecule has 1 aliphatic heterocycles. The average Bonchev–Trinajstić information content (AvgIpc) is 2.30. The second-order valence-electron chi connectivity index (χ2n) is 3.33. The maximum atomic E-state index is 10.8. The van der Waals surface area contributed by atoms with Crippen molar-refractivity contribution in [2.24, 2.45) is 0 Å². The maximum absolute atomic E-state index is 10.8. The van der Waals surface area contributed by atoms with Gasteiger partial charge in [-0.15, -0.1) is 0 Å². The number of allylic oxidation sites excluding steroid dienone is 2. The minimum absolute atomic E-state index is 0.0403. The minimum atomic E-state index is -0.930. The van der Waals surface area contributed by atoms with Crippen molar-refractivity contribution in [1.29, 1.82) is 0 Å². The monoisotopic (exact) mass is 201 g/mol. The van der Waals surface area contributed by atoms with Crippen molar-refractivity contribution in [2.45, 2.75) is 5.92 Å². The van der Waals surface area contributed by atoms with Crippen molar-refractivity contribution in [3.63, 3.8) is 0 Å². The van der Waals surface area contributed by atoms with Gasteiger partial charge in [0.2, 0.25) is 0 Å². The summed E-state index contributed by atoms with van der Waals surface area (Å²) < 4.78 is 0. The number of carboxylic acid groups (broad SMARTS) is 1. The lowest BCUT2D eigenvalue weighted by Gasteiger charge is -2.15. The van der Waals surface area contributed by atoms with E-state index in [2.05, 4.69) is 5.32 Å². The third kappa shape index (κ3) is 2.07.